The highest BCUT2D eigenvalue weighted by Gasteiger charge is 2.26. The molecule has 0 spiro atoms. The molecule has 0 atom stereocenters. The summed E-state index contributed by atoms with van der Waals surface area (Å²) in [5.41, 5.74) is 8.64. The summed E-state index contributed by atoms with van der Waals surface area (Å²) in [6.45, 7) is 0. The maximum absolute atomic E-state index is 6.87. The van der Waals surface area contributed by atoms with Gasteiger partial charge < -0.3 is 13.7 Å². The van der Waals surface area contributed by atoms with Gasteiger partial charge in [-0.15, -0.1) is 0 Å². The quantitative estimate of drug-likeness (QED) is 0.188. The zero-order valence-corrected chi connectivity index (χ0v) is 25.4. The number of benzene rings is 8. The van der Waals surface area contributed by atoms with Gasteiger partial charge in [0.15, 0.2) is 11.2 Å². The Balaban J connectivity index is 1.38. The van der Waals surface area contributed by atoms with Crippen molar-refractivity contribution in [3.05, 3.63) is 164 Å². The van der Waals surface area contributed by atoms with Gasteiger partial charge >= 0.3 is 0 Å². The number of rotatable bonds is 4. The lowest BCUT2D eigenvalue weighted by molar-refractivity contribution is 0.666. The molecule has 0 bridgehead atoms. The SMILES string of the molecule is c1ccc(-c2ccc(N(c3cc4ccccc4c4ccccc34)c3cccc4c3oc3ccccc34)c3oc4ccccc4c23)cc1. The van der Waals surface area contributed by atoms with E-state index in [9.17, 15) is 0 Å². The third-order valence-corrected chi connectivity index (χ3v) is 9.44. The number of hydrogen-bond donors (Lipinski definition) is 0. The van der Waals surface area contributed by atoms with Gasteiger partial charge in [-0.1, -0.05) is 133 Å². The molecule has 0 fully saturated rings. The number of fused-ring (bicyclic) bond motifs is 9. The lowest BCUT2D eigenvalue weighted by Crippen LogP contribution is -2.11. The van der Waals surface area contributed by atoms with Crippen LogP contribution in [0.5, 0.6) is 0 Å². The lowest BCUT2D eigenvalue weighted by Gasteiger charge is -2.28. The second-order valence-corrected chi connectivity index (χ2v) is 12.1. The lowest BCUT2D eigenvalue weighted by atomic mass is 9.96. The van der Waals surface area contributed by atoms with Crippen LogP contribution in [0.15, 0.2) is 173 Å². The van der Waals surface area contributed by atoms with Crippen molar-refractivity contribution in [1.29, 1.82) is 0 Å². The van der Waals surface area contributed by atoms with Gasteiger partial charge in [-0.05, 0) is 57.6 Å². The molecule has 3 nitrogen and oxygen atoms in total. The van der Waals surface area contributed by atoms with Crippen molar-refractivity contribution in [3.8, 4) is 11.1 Å². The molecule has 3 heteroatoms. The fourth-order valence-corrected chi connectivity index (χ4v) is 7.37. The van der Waals surface area contributed by atoms with Crippen molar-refractivity contribution in [2.75, 3.05) is 4.90 Å². The zero-order chi connectivity index (χ0) is 30.9. The molecule has 10 aromatic rings. The molecule has 0 N–H and O–H groups in total. The minimum absolute atomic E-state index is 0.831. The van der Waals surface area contributed by atoms with Gasteiger partial charge in [-0.3, -0.25) is 0 Å². The van der Waals surface area contributed by atoms with E-state index in [2.05, 4.69) is 150 Å². The van der Waals surface area contributed by atoms with Gasteiger partial charge in [0.2, 0.25) is 0 Å². The number of nitrogens with zero attached hydrogens (tertiary/aromatic N) is 1. The highest BCUT2D eigenvalue weighted by Crippen LogP contribution is 2.50. The summed E-state index contributed by atoms with van der Waals surface area (Å²) in [4.78, 5) is 2.35. The largest absolute Gasteiger partial charge is 0.454 e. The molecule has 220 valence electrons. The van der Waals surface area contributed by atoms with Gasteiger partial charge in [0.1, 0.15) is 11.2 Å². The molecule has 8 aromatic carbocycles. The first kappa shape index (κ1) is 26.0. The van der Waals surface area contributed by atoms with E-state index < -0.39 is 0 Å². The van der Waals surface area contributed by atoms with Gasteiger partial charge in [0.05, 0.1) is 17.1 Å². The second-order valence-electron chi connectivity index (χ2n) is 12.1. The van der Waals surface area contributed by atoms with E-state index >= 15 is 0 Å². The molecule has 2 heterocycles. The first-order chi connectivity index (χ1) is 23.3. The summed E-state index contributed by atoms with van der Waals surface area (Å²) < 4.78 is 13.6. The summed E-state index contributed by atoms with van der Waals surface area (Å²) in [5, 5.41) is 9.10. The Labute approximate surface area is 270 Å². The van der Waals surface area contributed by atoms with Crippen molar-refractivity contribution < 1.29 is 8.83 Å². The van der Waals surface area contributed by atoms with Crippen molar-refractivity contribution in [2.24, 2.45) is 0 Å². The van der Waals surface area contributed by atoms with E-state index in [0.717, 1.165) is 77.5 Å². The van der Waals surface area contributed by atoms with Gasteiger partial charge in [-0.25, -0.2) is 0 Å². The maximum atomic E-state index is 6.87. The van der Waals surface area contributed by atoms with E-state index in [4.69, 9.17) is 8.83 Å². The summed E-state index contributed by atoms with van der Waals surface area (Å²) in [5.74, 6) is 0. The summed E-state index contributed by atoms with van der Waals surface area (Å²) in [6, 6.07) is 57.7. The summed E-state index contributed by atoms with van der Waals surface area (Å²) in [6.07, 6.45) is 0. The van der Waals surface area contributed by atoms with E-state index in [-0.39, 0.29) is 0 Å². The number of anilines is 3. The van der Waals surface area contributed by atoms with Crippen LogP contribution in [0.1, 0.15) is 0 Å². The normalized spacial score (nSPS) is 11.8. The highest BCUT2D eigenvalue weighted by molar-refractivity contribution is 6.21. The van der Waals surface area contributed by atoms with Crippen molar-refractivity contribution >= 4 is 82.5 Å². The van der Waals surface area contributed by atoms with Crippen LogP contribution in [-0.4, -0.2) is 0 Å². The predicted molar refractivity (Wildman–Crippen MR) is 196 cm³/mol. The van der Waals surface area contributed by atoms with Crippen molar-refractivity contribution in [3.63, 3.8) is 0 Å². The van der Waals surface area contributed by atoms with Gasteiger partial charge in [0, 0.05) is 26.9 Å². The van der Waals surface area contributed by atoms with Crippen LogP contribution in [0.2, 0.25) is 0 Å². The first-order valence-electron chi connectivity index (χ1n) is 15.9. The Morgan fingerprint density at radius 2 is 0.957 bits per heavy atom. The molecule has 0 saturated heterocycles. The maximum Gasteiger partial charge on any atom is 0.160 e. The monoisotopic (exact) mass is 601 g/mol. The van der Waals surface area contributed by atoms with Crippen molar-refractivity contribution in [1.82, 2.24) is 0 Å². The molecule has 10 rings (SSSR count). The molecule has 0 radical (unpaired) electrons. The van der Waals surface area contributed by atoms with E-state index in [1.165, 1.54) is 16.2 Å². The topological polar surface area (TPSA) is 29.5 Å². The smallest absolute Gasteiger partial charge is 0.160 e. The Morgan fingerprint density at radius 3 is 1.79 bits per heavy atom. The van der Waals surface area contributed by atoms with Crippen LogP contribution in [0.4, 0.5) is 17.1 Å². The Bertz CT molecular complexity index is 2810. The standard InChI is InChI=1S/C44H27NO2/c1-2-13-28(14-3-1)31-25-26-38(44-42(31)36-20-9-11-24-41(36)47-44)45(37-22-12-21-35-34-19-8-10-23-40(34)46-43(35)37)39-27-29-15-4-5-16-30(29)32-17-6-7-18-33(32)39/h1-27H. The summed E-state index contributed by atoms with van der Waals surface area (Å²) >= 11 is 0. The predicted octanol–water partition coefficient (Wildman–Crippen LogP) is 12.9. The molecule has 0 amide bonds. The molecular weight excluding hydrogens is 574 g/mol. The number of hydrogen-bond acceptors (Lipinski definition) is 3. The van der Waals surface area contributed by atoms with E-state index in [1.807, 2.05) is 18.2 Å². The van der Waals surface area contributed by atoms with Crippen LogP contribution in [0.25, 0.3) is 76.5 Å². The average Bonchev–Trinajstić information content (AvgIpc) is 3.72. The molecule has 0 aliphatic heterocycles. The van der Waals surface area contributed by atoms with Crippen LogP contribution < -0.4 is 4.90 Å². The van der Waals surface area contributed by atoms with E-state index in [0.29, 0.717) is 0 Å². The zero-order valence-electron chi connectivity index (χ0n) is 25.4. The molecule has 2 aromatic heterocycles. The fourth-order valence-electron chi connectivity index (χ4n) is 7.37. The highest BCUT2D eigenvalue weighted by atomic mass is 16.3. The van der Waals surface area contributed by atoms with Gasteiger partial charge in [0.25, 0.3) is 0 Å². The Hall–Kier alpha value is -6.32. The summed E-state index contributed by atoms with van der Waals surface area (Å²) in [7, 11) is 0. The Morgan fingerprint density at radius 1 is 0.362 bits per heavy atom. The van der Waals surface area contributed by atoms with Crippen LogP contribution in [0, 0.1) is 0 Å². The van der Waals surface area contributed by atoms with Crippen LogP contribution in [-0.2, 0) is 0 Å². The Kier molecular flexibility index (Phi) is 5.57. The minimum Gasteiger partial charge on any atom is -0.454 e. The fraction of sp³-hybridized carbons (Fsp3) is 0. The minimum atomic E-state index is 0.831. The molecule has 0 unspecified atom stereocenters. The third kappa shape index (κ3) is 3.87. The van der Waals surface area contributed by atoms with Gasteiger partial charge in [-0.2, -0.15) is 0 Å². The first-order valence-corrected chi connectivity index (χ1v) is 15.9. The number of para-hydroxylation sites is 3. The van der Waals surface area contributed by atoms with Crippen LogP contribution in [0.3, 0.4) is 0 Å². The third-order valence-electron chi connectivity index (χ3n) is 9.44. The molecule has 0 aliphatic carbocycles. The van der Waals surface area contributed by atoms with Crippen LogP contribution >= 0.6 is 0 Å². The molecule has 47 heavy (non-hydrogen) atoms. The molecular formula is C44H27NO2. The molecule has 0 saturated carbocycles. The van der Waals surface area contributed by atoms with E-state index in [1.54, 1.807) is 0 Å². The number of furan rings is 2. The second kappa shape index (κ2) is 10.1. The van der Waals surface area contributed by atoms with Crippen molar-refractivity contribution in [2.45, 2.75) is 0 Å². The molecule has 0 aliphatic rings. The average molecular weight is 602 g/mol.